The zero-order chi connectivity index (χ0) is 9.26. The molecule has 68 valence electrons. The van der Waals surface area contributed by atoms with E-state index in [0.717, 1.165) is 0 Å². The Morgan fingerprint density at radius 2 is 2.38 bits per heavy atom. The van der Waals surface area contributed by atoms with Gasteiger partial charge in [0.15, 0.2) is 0 Å². The quantitative estimate of drug-likeness (QED) is 0.703. The Morgan fingerprint density at radius 3 is 3.15 bits per heavy atom. The van der Waals surface area contributed by atoms with Gasteiger partial charge >= 0.3 is 0 Å². The van der Waals surface area contributed by atoms with Gasteiger partial charge in [-0.25, -0.2) is 9.37 Å². The largest absolute Gasteiger partial charge is 0.386 e. The molecule has 13 heavy (non-hydrogen) atoms. The van der Waals surface area contributed by atoms with Crippen LogP contribution in [0, 0.1) is 0 Å². The average molecular weight is 182 g/mol. The number of nitrogens with one attached hydrogen (secondary N) is 1. The second-order valence-corrected chi connectivity index (χ2v) is 2.61. The molecule has 0 fully saturated rings. The lowest BCUT2D eigenvalue weighted by molar-refractivity contribution is 0.141. The number of rotatable bonds is 2. The Morgan fingerprint density at radius 1 is 1.54 bits per heavy atom. The van der Waals surface area contributed by atoms with Crippen LogP contribution in [0.4, 0.5) is 4.39 Å². The van der Waals surface area contributed by atoms with Crippen molar-refractivity contribution in [3.8, 4) is 0 Å². The Labute approximate surface area is 72.6 Å². The summed E-state index contributed by atoms with van der Waals surface area (Å²) in [5.74, 6) is 0. The van der Waals surface area contributed by atoms with Crippen molar-refractivity contribution in [2.75, 3.05) is 6.67 Å². The van der Waals surface area contributed by atoms with Crippen molar-refractivity contribution in [2.45, 2.75) is 6.10 Å². The van der Waals surface area contributed by atoms with Gasteiger partial charge in [-0.15, -0.1) is 5.10 Å². The SMILES string of the molecule is OC(CF)c1cnc2n[nH]nc2c1. The smallest absolute Gasteiger partial charge is 0.201 e. The van der Waals surface area contributed by atoms with Crippen molar-refractivity contribution in [3.05, 3.63) is 17.8 Å². The van der Waals surface area contributed by atoms with Crippen molar-refractivity contribution in [1.82, 2.24) is 20.4 Å². The molecule has 0 amide bonds. The average Bonchev–Trinajstić information content (AvgIpc) is 2.63. The lowest BCUT2D eigenvalue weighted by Crippen LogP contribution is -1.99. The highest BCUT2D eigenvalue weighted by atomic mass is 19.1. The highest BCUT2D eigenvalue weighted by Gasteiger charge is 2.09. The third-order valence-electron chi connectivity index (χ3n) is 1.73. The summed E-state index contributed by atoms with van der Waals surface area (Å²) >= 11 is 0. The summed E-state index contributed by atoms with van der Waals surface area (Å²) in [5.41, 5.74) is 1.38. The number of aromatic amines is 1. The standard InChI is InChI=1S/C7H7FN4O/c8-2-6(13)4-1-5-7(9-3-4)11-12-10-5/h1,3,6,13H,2H2,(H,9,10,11,12). The number of pyridine rings is 1. The first-order chi connectivity index (χ1) is 6.31. The third-order valence-corrected chi connectivity index (χ3v) is 1.73. The number of nitrogens with zero attached hydrogens (tertiary/aromatic N) is 3. The predicted octanol–water partition coefficient (Wildman–Crippen LogP) is 0.356. The van der Waals surface area contributed by atoms with E-state index < -0.39 is 12.8 Å². The first-order valence-corrected chi connectivity index (χ1v) is 3.71. The van der Waals surface area contributed by atoms with Crippen LogP contribution in [-0.4, -0.2) is 32.2 Å². The predicted molar refractivity (Wildman–Crippen MR) is 42.6 cm³/mol. The van der Waals surface area contributed by atoms with Gasteiger partial charge in [-0.2, -0.15) is 10.3 Å². The number of alkyl halides is 1. The van der Waals surface area contributed by atoms with Crippen LogP contribution < -0.4 is 0 Å². The van der Waals surface area contributed by atoms with Gasteiger partial charge in [-0.05, 0) is 6.07 Å². The number of aliphatic hydroxyl groups is 1. The topological polar surface area (TPSA) is 74.7 Å². The maximum atomic E-state index is 12.1. The summed E-state index contributed by atoms with van der Waals surface area (Å²) in [6.07, 6.45) is 0.253. The second-order valence-electron chi connectivity index (χ2n) is 2.61. The van der Waals surface area contributed by atoms with Crippen molar-refractivity contribution in [1.29, 1.82) is 0 Å². The molecule has 1 atom stereocenters. The fourth-order valence-electron chi connectivity index (χ4n) is 1.03. The molecule has 0 saturated heterocycles. The maximum absolute atomic E-state index is 12.1. The van der Waals surface area contributed by atoms with Crippen molar-refractivity contribution in [2.24, 2.45) is 0 Å². The van der Waals surface area contributed by atoms with Gasteiger partial charge in [0.25, 0.3) is 0 Å². The van der Waals surface area contributed by atoms with Crippen LogP contribution in [0.25, 0.3) is 11.2 Å². The van der Waals surface area contributed by atoms with Crippen LogP contribution >= 0.6 is 0 Å². The van der Waals surface area contributed by atoms with E-state index in [4.69, 9.17) is 5.11 Å². The van der Waals surface area contributed by atoms with Gasteiger partial charge in [-0.3, -0.25) is 0 Å². The van der Waals surface area contributed by atoms with Crippen LogP contribution in [0.3, 0.4) is 0 Å². The Hall–Kier alpha value is -1.56. The van der Waals surface area contributed by atoms with E-state index in [1.165, 1.54) is 6.20 Å². The number of H-pyrrole nitrogens is 1. The highest BCUT2D eigenvalue weighted by molar-refractivity contribution is 5.69. The third kappa shape index (κ3) is 1.35. The van der Waals surface area contributed by atoms with E-state index in [1.807, 2.05) is 0 Å². The van der Waals surface area contributed by atoms with Gasteiger partial charge in [-0.1, -0.05) is 0 Å². The van der Waals surface area contributed by atoms with Crippen molar-refractivity contribution in [3.63, 3.8) is 0 Å². The fraction of sp³-hybridized carbons (Fsp3) is 0.286. The second kappa shape index (κ2) is 3.06. The number of halogens is 1. The Kier molecular flexibility index (Phi) is 1.90. The zero-order valence-electron chi connectivity index (χ0n) is 6.61. The molecule has 0 aromatic carbocycles. The molecular weight excluding hydrogens is 175 g/mol. The zero-order valence-corrected chi connectivity index (χ0v) is 6.61. The summed E-state index contributed by atoms with van der Waals surface area (Å²) in [6.45, 7) is -0.828. The van der Waals surface area contributed by atoms with E-state index in [1.54, 1.807) is 6.07 Å². The van der Waals surface area contributed by atoms with Crippen molar-refractivity contribution < 1.29 is 9.50 Å². The van der Waals surface area contributed by atoms with Crippen LogP contribution in [0.15, 0.2) is 12.3 Å². The molecule has 0 aliphatic carbocycles. The monoisotopic (exact) mass is 182 g/mol. The molecule has 0 aliphatic heterocycles. The molecule has 2 heterocycles. The number of fused-ring (bicyclic) bond motifs is 1. The van der Waals surface area contributed by atoms with Gasteiger partial charge in [0.05, 0.1) is 0 Å². The van der Waals surface area contributed by atoms with Gasteiger partial charge < -0.3 is 5.11 Å². The first-order valence-electron chi connectivity index (χ1n) is 3.71. The van der Waals surface area contributed by atoms with Gasteiger partial charge in [0, 0.05) is 11.8 Å². The molecule has 0 saturated carbocycles. The van der Waals surface area contributed by atoms with Crippen LogP contribution in [0.1, 0.15) is 11.7 Å². The number of aromatic nitrogens is 4. The van der Waals surface area contributed by atoms with Crippen LogP contribution in [0.2, 0.25) is 0 Å². The first kappa shape index (κ1) is 8.06. The van der Waals surface area contributed by atoms with E-state index in [2.05, 4.69) is 20.4 Å². The van der Waals surface area contributed by atoms with Crippen LogP contribution in [0.5, 0.6) is 0 Å². The molecule has 6 heteroatoms. The lowest BCUT2D eigenvalue weighted by Gasteiger charge is -2.03. The van der Waals surface area contributed by atoms with E-state index >= 15 is 0 Å². The van der Waals surface area contributed by atoms with E-state index in [9.17, 15) is 4.39 Å². The summed E-state index contributed by atoms with van der Waals surface area (Å²) in [6, 6.07) is 1.55. The Bertz CT molecular complexity index is 416. The number of hydrogen-bond acceptors (Lipinski definition) is 4. The Balaban J connectivity index is 2.48. The van der Waals surface area contributed by atoms with Gasteiger partial charge in [0.2, 0.25) is 5.65 Å². The maximum Gasteiger partial charge on any atom is 0.201 e. The molecule has 2 rings (SSSR count). The minimum absolute atomic E-state index is 0.406. The van der Waals surface area contributed by atoms with E-state index in [0.29, 0.717) is 16.7 Å². The number of hydrogen-bond donors (Lipinski definition) is 2. The summed E-state index contributed by atoms with van der Waals surface area (Å²) < 4.78 is 12.1. The van der Waals surface area contributed by atoms with Crippen LogP contribution in [-0.2, 0) is 0 Å². The fourth-order valence-corrected chi connectivity index (χ4v) is 1.03. The normalized spacial score (nSPS) is 13.4. The summed E-state index contributed by atoms with van der Waals surface area (Å²) in [7, 11) is 0. The molecule has 2 aromatic heterocycles. The summed E-state index contributed by atoms with van der Waals surface area (Å²) in [4.78, 5) is 3.88. The minimum atomic E-state index is -1.13. The lowest BCUT2D eigenvalue weighted by atomic mass is 10.2. The molecular formula is C7H7FN4O. The van der Waals surface area contributed by atoms with Crippen molar-refractivity contribution >= 4 is 11.2 Å². The molecule has 0 bridgehead atoms. The summed E-state index contributed by atoms with van der Waals surface area (Å²) in [5, 5.41) is 19.0. The molecule has 0 radical (unpaired) electrons. The molecule has 0 spiro atoms. The highest BCUT2D eigenvalue weighted by Crippen LogP contribution is 2.15. The van der Waals surface area contributed by atoms with E-state index in [-0.39, 0.29) is 0 Å². The minimum Gasteiger partial charge on any atom is -0.386 e. The molecule has 5 nitrogen and oxygen atoms in total. The van der Waals surface area contributed by atoms with Gasteiger partial charge in [0.1, 0.15) is 18.3 Å². The molecule has 0 aliphatic rings. The molecule has 2 N–H and O–H groups in total. The molecule has 1 unspecified atom stereocenters. The number of aliphatic hydroxyl groups excluding tert-OH is 1. The molecule has 2 aromatic rings.